The maximum absolute atomic E-state index is 5.82. The van der Waals surface area contributed by atoms with Crippen molar-refractivity contribution in [3.05, 3.63) is 11.1 Å². The summed E-state index contributed by atoms with van der Waals surface area (Å²) in [4.78, 5) is 0. The molecule has 0 aromatic carbocycles. The van der Waals surface area contributed by atoms with Crippen LogP contribution in [0.25, 0.3) is 0 Å². The third-order valence-electron chi connectivity index (χ3n) is 3.74. The minimum absolute atomic E-state index is 0.530. The first-order valence-corrected chi connectivity index (χ1v) is 5.98. The summed E-state index contributed by atoms with van der Waals surface area (Å²) < 4.78 is 8.26. The van der Waals surface area contributed by atoms with Crippen LogP contribution in [0.2, 0.25) is 0 Å². The predicted molar refractivity (Wildman–Crippen MR) is 59.7 cm³/mol. The summed E-state index contributed by atoms with van der Waals surface area (Å²) in [6, 6.07) is 0.677. The lowest BCUT2D eigenvalue weighted by Crippen LogP contribution is -2.39. The van der Waals surface area contributed by atoms with Crippen LogP contribution in [0, 0.1) is 5.92 Å². The van der Waals surface area contributed by atoms with Crippen LogP contribution in [0.5, 0.6) is 0 Å². The summed E-state index contributed by atoms with van der Waals surface area (Å²) in [6.45, 7) is 4.43. The van der Waals surface area contributed by atoms with Gasteiger partial charge in [-0.05, 0) is 30.9 Å². The SMILES string of the molecule is CC1C2C(=C3CCC2OC3)CN1I. The van der Waals surface area contributed by atoms with Crippen molar-refractivity contribution in [1.29, 1.82) is 0 Å². The molecular formula is C10H14INO. The average Bonchev–Trinajstić information content (AvgIpc) is 2.47. The molecule has 4 aliphatic rings. The molecule has 0 aromatic rings. The van der Waals surface area contributed by atoms with Gasteiger partial charge in [0, 0.05) is 41.4 Å². The summed E-state index contributed by atoms with van der Waals surface area (Å²) in [6.07, 6.45) is 3.09. The Kier molecular flexibility index (Phi) is 1.96. The van der Waals surface area contributed by atoms with Crippen LogP contribution in [-0.2, 0) is 4.74 Å². The summed E-state index contributed by atoms with van der Waals surface area (Å²) in [7, 11) is 0. The van der Waals surface area contributed by atoms with E-state index in [1.54, 1.807) is 11.1 Å². The smallest absolute Gasteiger partial charge is 0.0684 e. The minimum atomic E-state index is 0.530. The molecule has 3 heteroatoms. The molecule has 3 heterocycles. The van der Waals surface area contributed by atoms with Crippen molar-refractivity contribution in [2.75, 3.05) is 13.2 Å². The molecule has 3 unspecified atom stereocenters. The van der Waals surface area contributed by atoms with E-state index >= 15 is 0 Å². The standard InChI is InChI=1S/C10H14INO/c1-6-10-8(4-12(6)11)7-2-3-9(10)13-5-7/h6,9-10H,2-5H2,1H3. The van der Waals surface area contributed by atoms with Crippen LogP contribution in [0.1, 0.15) is 19.8 Å². The monoisotopic (exact) mass is 291 g/mol. The van der Waals surface area contributed by atoms with E-state index in [0.29, 0.717) is 12.1 Å². The van der Waals surface area contributed by atoms with Gasteiger partial charge in [0.05, 0.1) is 12.7 Å². The number of hydrogen-bond acceptors (Lipinski definition) is 2. The van der Waals surface area contributed by atoms with Crippen molar-refractivity contribution in [3.8, 4) is 0 Å². The maximum atomic E-state index is 5.82. The number of nitrogens with zero attached hydrogens (tertiary/aromatic N) is 1. The minimum Gasteiger partial charge on any atom is -0.373 e. The van der Waals surface area contributed by atoms with Gasteiger partial charge in [-0.2, -0.15) is 0 Å². The lowest BCUT2D eigenvalue weighted by Gasteiger charge is -2.39. The molecule has 3 atom stereocenters. The molecule has 0 aromatic heterocycles. The highest BCUT2D eigenvalue weighted by atomic mass is 127. The normalized spacial score (nSPS) is 44.3. The highest BCUT2D eigenvalue weighted by Crippen LogP contribution is 2.45. The van der Waals surface area contributed by atoms with E-state index in [2.05, 4.69) is 32.9 Å². The Balaban J connectivity index is 2.04. The lowest BCUT2D eigenvalue weighted by molar-refractivity contribution is -0.00923. The molecule has 2 bridgehead atoms. The summed E-state index contributed by atoms with van der Waals surface area (Å²) in [5, 5.41) is 0. The Hall–Kier alpha value is 0.390. The molecule has 4 rings (SSSR count). The summed E-state index contributed by atoms with van der Waals surface area (Å²) in [5.41, 5.74) is 3.32. The molecule has 3 aliphatic heterocycles. The van der Waals surface area contributed by atoms with Gasteiger partial charge in [0.1, 0.15) is 0 Å². The Morgan fingerprint density at radius 1 is 1.54 bits per heavy atom. The van der Waals surface area contributed by atoms with E-state index in [1.165, 1.54) is 19.4 Å². The molecule has 0 spiro atoms. The van der Waals surface area contributed by atoms with E-state index in [4.69, 9.17) is 4.74 Å². The van der Waals surface area contributed by atoms with Crippen LogP contribution in [0.15, 0.2) is 11.1 Å². The fraction of sp³-hybridized carbons (Fsp3) is 0.800. The van der Waals surface area contributed by atoms with Crippen LogP contribution < -0.4 is 0 Å². The Morgan fingerprint density at radius 3 is 3.00 bits per heavy atom. The van der Waals surface area contributed by atoms with Crippen LogP contribution in [-0.4, -0.2) is 28.4 Å². The number of fused-ring (bicyclic) bond motifs is 2. The Bertz CT molecular complexity index is 266. The number of rotatable bonds is 0. The van der Waals surface area contributed by atoms with Crippen molar-refractivity contribution in [3.63, 3.8) is 0 Å². The molecule has 0 radical (unpaired) electrons. The van der Waals surface area contributed by atoms with Crippen LogP contribution in [0.3, 0.4) is 0 Å². The molecule has 2 saturated heterocycles. The Morgan fingerprint density at radius 2 is 2.38 bits per heavy atom. The van der Waals surface area contributed by atoms with E-state index in [1.807, 2.05) is 0 Å². The zero-order valence-electron chi connectivity index (χ0n) is 7.79. The zero-order valence-corrected chi connectivity index (χ0v) is 9.95. The van der Waals surface area contributed by atoms with E-state index in [0.717, 1.165) is 12.5 Å². The van der Waals surface area contributed by atoms with Gasteiger partial charge >= 0.3 is 0 Å². The van der Waals surface area contributed by atoms with Gasteiger partial charge in [-0.25, -0.2) is 3.11 Å². The third kappa shape index (κ3) is 1.13. The highest BCUT2D eigenvalue weighted by molar-refractivity contribution is 14.1. The van der Waals surface area contributed by atoms with Crippen molar-refractivity contribution in [2.24, 2.45) is 5.92 Å². The fourth-order valence-corrected chi connectivity index (χ4v) is 3.69. The summed E-state index contributed by atoms with van der Waals surface area (Å²) >= 11 is 2.45. The quantitative estimate of drug-likeness (QED) is 0.385. The second-order valence-corrected chi connectivity index (χ2v) is 5.58. The van der Waals surface area contributed by atoms with Crippen molar-refractivity contribution in [1.82, 2.24) is 3.11 Å². The van der Waals surface area contributed by atoms with Gasteiger partial charge < -0.3 is 4.74 Å². The van der Waals surface area contributed by atoms with Gasteiger partial charge in [0.25, 0.3) is 0 Å². The first-order valence-electron chi connectivity index (χ1n) is 5.02. The van der Waals surface area contributed by atoms with Crippen LogP contribution >= 0.6 is 22.9 Å². The van der Waals surface area contributed by atoms with E-state index in [9.17, 15) is 0 Å². The van der Waals surface area contributed by atoms with E-state index < -0.39 is 0 Å². The molecular weight excluding hydrogens is 277 g/mol. The second kappa shape index (κ2) is 2.94. The topological polar surface area (TPSA) is 12.5 Å². The average molecular weight is 291 g/mol. The van der Waals surface area contributed by atoms with Gasteiger partial charge in [0.15, 0.2) is 0 Å². The molecule has 0 saturated carbocycles. The predicted octanol–water partition coefficient (Wildman–Crippen LogP) is 2.15. The largest absolute Gasteiger partial charge is 0.373 e. The molecule has 72 valence electrons. The van der Waals surface area contributed by atoms with Gasteiger partial charge in [-0.15, -0.1) is 0 Å². The second-order valence-electron chi connectivity index (χ2n) is 4.34. The molecule has 0 N–H and O–H groups in total. The molecule has 1 aliphatic carbocycles. The first-order chi connectivity index (χ1) is 6.27. The van der Waals surface area contributed by atoms with Gasteiger partial charge in [-0.1, -0.05) is 0 Å². The van der Waals surface area contributed by atoms with E-state index in [-0.39, 0.29) is 0 Å². The number of hydrogen-bond donors (Lipinski definition) is 0. The van der Waals surface area contributed by atoms with Crippen molar-refractivity contribution in [2.45, 2.75) is 31.9 Å². The van der Waals surface area contributed by atoms with Gasteiger partial charge in [-0.3, -0.25) is 0 Å². The first kappa shape index (κ1) is 8.68. The number of halogens is 1. The molecule has 13 heavy (non-hydrogen) atoms. The lowest BCUT2D eigenvalue weighted by atomic mass is 9.78. The highest BCUT2D eigenvalue weighted by Gasteiger charge is 2.45. The number of ether oxygens (including phenoxy) is 1. The Labute approximate surface area is 92.8 Å². The van der Waals surface area contributed by atoms with Crippen molar-refractivity contribution < 1.29 is 4.74 Å². The molecule has 2 fully saturated rings. The maximum Gasteiger partial charge on any atom is 0.0684 e. The van der Waals surface area contributed by atoms with Crippen molar-refractivity contribution >= 4 is 22.9 Å². The third-order valence-corrected chi connectivity index (χ3v) is 4.96. The summed E-state index contributed by atoms with van der Waals surface area (Å²) in [5.74, 6) is 0.717. The molecule has 0 amide bonds. The molecule has 2 nitrogen and oxygen atoms in total. The fourth-order valence-electron chi connectivity index (χ4n) is 2.98. The van der Waals surface area contributed by atoms with Crippen LogP contribution in [0.4, 0.5) is 0 Å². The zero-order chi connectivity index (χ0) is 9.00. The van der Waals surface area contributed by atoms with Gasteiger partial charge in [0.2, 0.25) is 0 Å².